The molecule has 0 fully saturated rings. The Hall–Kier alpha value is -6.09. The molecule has 1 unspecified atom stereocenters. The van der Waals surface area contributed by atoms with E-state index in [2.05, 4.69) is 37.2 Å². The maximum absolute atomic E-state index is 14.0. The molecule has 5 aromatic rings. The lowest BCUT2D eigenvalue weighted by molar-refractivity contribution is -0.432. The molecule has 5 rings (SSSR count). The van der Waals surface area contributed by atoms with Crippen LogP contribution in [0.2, 0.25) is 5.02 Å². The number of nitrogens with one attached hydrogen (secondary N) is 2. The highest BCUT2D eigenvalue weighted by atomic mass is 35.5. The van der Waals surface area contributed by atoms with Crippen molar-refractivity contribution in [2.45, 2.75) is 89.1 Å². The molecule has 362 valence electrons. The minimum atomic E-state index is -4.14. The highest BCUT2D eigenvalue weighted by Crippen LogP contribution is 2.46. The average Bonchev–Trinajstić information content (AvgIpc) is 3.32. The molecule has 2 amide bonds. The number of unbranched alkanes of at least 4 members (excludes halogenated alkanes) is 9. The van der Waals surface area contributed by atoms with Crippen LogP contribution < -0.4 is 24.3 Å². The number of amides is 2. The Morgan fingerprint density at radius 2 is 1.43 bits per heavy atom. The first-order valence-electron chi connectivity index (χ1n) is 21.8. The van der Waals surface area contributed by atoms with Gasteiger partial charge in [0.1, 0.15) is 17.2 Å². The number of benzene rings is 5. The molecular formula is C48H53ClN4O13S2. The fraction of sp³-hybridized carbons (Fsp3) is 0.333. The van der Waals surface area contributed by atoms with Gasteiger partial charge in [-0.25, -0.2) is 10.1 Å². The number of azo groups is 1. The van der Waals surface area contributed by atoms with Gasteiger partial charge in [-0.3, -0.25) is 14.4 Å². The summed E-state index contributed by atoms with van der Waals surface area (Å²) in [6.07, 6.45) is 10.5. The molecule has 0 radical (unpaired) electrons. The van der Waals surface area contributed by atoms with Gasteiger partial charge in [0, 0.05) is 28.9 Å². The zero-order valence-electron chi connectivity index (χ0n) is 38.0. The number of esters is 1. The van der Waals surface area contributed by atoms with Crippen LogP contribution in [-0.2, 0) is 33.8 Å². The summed E-state index contributed by atoms with van der Waals surface area (Å²) in [6.45, 7) is 3.74. The summed E-state index contributed by atoms with van der Waals surface area (Å²) < 4.78 is 51.7. The van der Waals surface area contributed by atoms with Gasteiger partial charge < -0.3 is 29.0 Å². The van der Waals surface area contributed by atoms with Crippen molar-refractivity contribution < 1.29 is 60.6 Å². The quantitative estimate of drug-likeness (QED) is 0.00512. The van der Waals surface area contributed by atoms with E-state index in [0.717, 1.165) is 31.9 Å². The first-order chi connectivity index (χ1) is 32.7. The molecule has 68 heavy (non-hydrogen) atoms. The van der Waals surface area contributed by atoms with Gasteiger partial charge in [0.05, 0.1) is 58.9 Å². The molecule has 0 heterocycles. The van der Waals surface area contributed by atoms with Gasteiger partial charge in [-0.05, 0) is 85.3 Å². The molecule has 0 aromatic heterocycles. The molecule has 1 atom stereocenters. The van der Waals surface area contributed by atoms with E-state index in [9.17, 15) is 27.6 Å². The summed E-state index contributed by atoms with van der Waals surface area (Å²) in [5.74, 6) is -2.30. The highest BCUT2D eigenvalue weighted by Gasteiger charge is 2.31. The number of carbonyl (C=O) groups is 4. The number of halogens is 1. The lowest BCUT2D eigenvalue weighted by atomic mass is 10.0. The number of nitrogens with zero attached hydrogens (tertiary/aromatic N) is 2. The van der Waals surface area contributed by atoms with Crippen LogP contribution in [0.3, 0.4) is 0 Å². The van der Waals surface area contributed by atoms with Crippen molar-refractivity contribution >= 4 is 90.9 Å². The number of hydrogen-bond donors (Lipinski definition) is 3. The summed E-state index contributed by atoms with van der Waals surface area (Å²) in [7, 11) is -2.66. The number of ether oxygens (including phenoxy) is 3. The number of carbonyl (C=O) groups excluding carboxylic acids is 4. The molecule has 0 bridgehead atoms. The third-order valence-electron chi connectivity index (χ3n) is 10.2. The summed E-state index contributed by atoms with van der Waals surface area (Å²) in [5.41, 5.74) is 0.709. The molecule has 3 N–H and O–H groups in total. The number of fused-ring (bicyclic) bond motifs is 1. The number of methoxy groups -OCH3 is 1. The van der Waals surface area contributed by atoms with Gasteiger partial charge >= 0.3 is 16.1 Å². The fourth-order valence-corrected chi connectivity index (χ4v) is 8.10. The minimum Gasteiger partial charge on any atom is -0.497 e. The molecule has 5 aromatic carbocycles. The van der Waals surface area contributed by atoms with Gasteiger partial charge in [-0.1, -0.05) is 93.5 Å². The van der Waals surface area contributed by atoms with E-state index in [0.29, 0.717) is 17.8 Å². The topological polar surface area (TPSA) is 227 Å². The van der Waals surface area contributed by atoms with Gasteiger partial charge in [-0.15, -0.1) is 9.45 Å². The number of ketones is 1. The van der Waals surface area contributed by atoms with Crippen molar-refractivity contribution in [1.82, 2.24) is 0 Å². The second-order valence-electron chi connectivity index (χ2n) is 15.4. The van der Waals surface area contributed by atoms with Gasteiger partial charge in [-0.2, -0.15) is 13.5 Å². The number of hydrogen-bond acceptors (Lipinski definition) is 16. The third kappa shape index (κ3) is 16.0. The SMILES string of the molecule is CCCCCCCCCCCCOC(=O)c1ccc(Cl)c(NC(=O)C(Oc2ccc(N=Nc3cc(SOOO)c4c(NC(C)=O)cccc4c3OS(C)(=O)=O)cc2)C(=O)c2ccc(OC)cc2)c1. The smallest absolute Gasteiger partial charge is 0.338 e. The van der Waals surface area contributed by atoms with Crippen LogP contribution in [0.15, 0.2) is 106 Å². The summed E-state index contributed by atoms with van der Waals surface area (Å²) in [6, 6.07) is 22.1. The Morgan fingerprint density at radius 3 is 2.06 bits per heavy atom. The van der Waals surface area contributed by atoms with Crippen LogP contribution in [0.5, 0.6) is 17.2 Å². The minimum absolute atomic E-state index is 0.0493. The van der Waals surface area contributed by atoms with Crippen LogP contribution in [0, 0.1) is 0 Å². The number of anilines is 2. The predicted molar refractivity (Wildman–Crippen MR) is 259 cm³/mol. The molecule has 0 spiro atoms. The van der Waals surface area contributed by atoms with Crippen LogP contribution in [-0.4, -0.2) is 63.3 Å². The highest BCUT2D eigenvalue weighted by molar-refractivity contribution is 7.94. The first-order valence-corrected chi connectivity index (χ1v) is 24.7. The Bertz CT molecular complexity index is 2670. The monoisotopic (exact) mass is 992 g/mol. The zero-order chi connectivity index (χ0) is 49.1. The molecular weight excluding hydrogens is 940 g/mol. The molecule has 0 aliphatic carbocycles. The Kier molecular flexibility index (Phi) is 20.6. The van der Waals surface area contributed by atoms with E-state index >= 15 is 0 Å². The van der Waals surface area contributed by atoms with Crippen molar-refractivity contribution in [3.63, 3.8) is 0 Å². The van der Waals surface area contributed by atoms with Gasteiger partial charge in [0.25, 0.3) is 5.91 Å². The average molecular weight is 994 g/mol. The summed E-state index contributed by atoms with van der Waals surface area (Å²) in [5, 5.41) is 27.0. The standard InChI is InChI=1S/C48H53ClN4O13S2/c1-5-6-7-8-9-10-11-12-13-14-28-62-48(57)33-20-27-38(49)40(29-33)51-47(56)46(44(55)32-18-23-35(61-3)24-19-32)63-36-25-21-34(22-26-36)52-53-41-30-42(67-66-65-58)43-37(45(41)64-68(4,59)60)16-15-17-39(43)50-31(2)54/h15-27,29-30,46,58H,5-14,28H2,1-4H3,(H,50,54)(H,51,56). The summed E-state index contributed by atoms with van der Waals surface area (Å²) >= 11 is 7.01. The molecule has 0 aliphatic rings. The fourth-order valence-electron chi connectivity index (χ4n) is 6.89. The van der Waals surface area contributed by atoms with Crippen LogP contribution in [0.1, 0.15) is 98.8 Å². The Morgan fingerprint density at radius 1 is 0.779 bits per heavy atom. The molecule has 0 saturated heterocycles. The Balaban J connectivity index is 1.34. The van der Waals surface area contributed by atoms with Crippen LogP contribution in [0.25, 0.3) is 10.8 Å². The lowest BCUT2D eigenvalue weighted by Crippen LogP contribution is -2.40. The molecule has 0 saturated carbocycles. The van der Waals surface area contributed by atoms with Gasteiger partial charge in [0.15, 0.2) is 5.75 Å². The molecule has 20 heteroatoms. The predicted octanol–water partition coefficient (Wildman–Crippen LogP) is 12.0. The normalized spacial score (nSPS) is 11.9. The van der Waals surface area contributed by atoms with E-state index in [-0.39, 0.29) is 72.7 Å². The van der Waals surface area contributed by atoms with Crippen LogP contribution >= 0.6 is 23.6 Å². The second-order valence-corrected chi connectivity index (χ2v) is 18.2. The maximum Gasteiger partial charge on any atom is 0.338 e. The van der Waals surface area contributed by atoms with Gasteiger partial charge in [0.2, 0.25) is 17.8 Å². The number of rotatable bonds is 27. The second kappa shape index (κ2) is 26.5. The van der Waals surface area contributed by atoms with E-state index < -0.39 is 39.8 Å². The first kappa shape index (κ1) is 52.9. The van der Waals surface area contributed by atoms with Crippen molar-refractivity contribution in [2.75, 3.05) is 30.6 Å². The van der Waals surface area contributed by atoms with Crippen molar-refractivity contribution in [1.29, 1.82) is 0 Å². The van der Waals surface area contributed by atoms with E-state index in [1.165, 1.54) is 119 Å². The van der Waals surface area contributed by atoms with Crippen molar-refractivity contribution in [3.05, 3.63) is 107 Å². The van der Waals surface area contributed by atoms with E-state index in [1.807, 2.05) is 0 Å². The molecule has 0 aliphatic heterocycles. The maximum atomic E-state index is 14.0. The van der Waals surface area contributed by atoms with Crippen molar-refractivity contribution in [2.24, 2.45) is 10.2 Å². The lowest BCUT2D eigenvalue weighted by Gasteiger charge is -2.19. The molecule has 17 nitrogen and oxygen atoms in total. The zero-order valence-corrected chi connectivity index (χ0v) is 40.3. The van der Waals surface area contributed by atoms with E-state index in [1.54, 1.807) is 24.3 Å². The Labute approximate surface area is 404 Å². The van der Waals surface area contributed by atoms with E-state index in [4.69, 9.17) is 35.3 Å². The largest absolute Gasteiger partial charge is 0.497 e. The third-order valence-corrected chi connectivity index (χ3v) is 11.6. The number of Topliss-reactive ketones (excluding diaryl/α,β-unsaturated/α-hetero) is 1. The summed E-state index contributed by atoms with van der Waals surface area (Å²) in [4.78, 5) is 53.2. The van der Waals surface area contributed by atoms with Crippen LogP contribution in [0.4, 0.5) is 22.7 Å². The van der Waals surface area contributed by atoms with Crippen molar-refractivity contribution in [3.8, 4) is 17.2 Å².